The molecule has 7 nitrogen and oxygen atoms in total. The fraction of sp³-hybridized carbons (Fsp3) is 0.286. The Morgan fingerprint density at radius 3 is 2.46 bits per heavy atom. The molecule has 2 aromatic rings. The molecule has 0 spiro atoms. The molecule has 1 N–H and O–H groups in total. The zero-order chi connectivity index (χ0) is 20.3. The van der Waals surface area contributed by atoms with E-state index in [-0.39, 0.29) is 6.54 Å². The number of hydrogen-bond donors (Lipinski definition) is 1. The zero-order valence-corrected chi connectivity index (χ0v) is 16.1. The third-order valence-corrected chi connectivity index (χ3v) is 4.52. The van der Waals surface area contributed by atoms with Crippen LogP contribution in [0.4, 0.5) is 16.2 Å². The van der Waals surface area contributed by atoms with Gasteiger partial charge in [-0.3, -0.25) is 19.4 Å². The number of para-hydroxylation sites is 2. The van der Waals surface area contributed by atoms with Crippen molar-refractivity contribution in [1.82, 2.24) is 4.90 Å². The van der Waals surface area contributed by atoms with Gasteiger partial charge in [0.1, 0.15) is 18.3 Å². The number of urea groups is 1. The van der Waals surface area contributed by atoms with Crippen LogP contribution in [0.2, 0.25) is 0 Å². The lowest BCUT2D eigenvalue weighted by Crippen LogP contribution is -2.39. The van der Waals surface area contributed by atoms with Gasteiger partial charge in [0.15, 0.2) is 0 Å². The largest absolute Gasteiger partial charge is 0.492 e. The summed E-state index contributed by atoms with van der Waals surface area (Å²) in [6.45, 7) is 5.55. The number of carbonyl (C=O) groups excluding carboxylic acids is 3. The highest BCUT2D eigenvalue weighted by Gasteiger charge is 2.44. The van der Waals surface area contributed by atoms with Crippen molar-refractivity contribution in [2.24, 2.45) is 0 Å². The molecule has 28 heavy (non-hydrogen) atoms. The second-order valence-corrected chi connectivity index (χ2v) is 6.57. The number of benzene rings is 2. The van der Waals surface area contributed by atoms with Crippen molar-refractivity contribution in [3.8, 4) is 5.75 Å². The highest BCUT2D eigenvalue weighted by molar-refractivity contribution is 6.16. The second-order valence-electron chi connectivity index (χ2n) is 6.57. The summed E-state index contributed by atoms with van der Waals surface area (Å²) in [6, 6.07) is 13.2. The molecule has 0 aromatic heterocycles. The summed E-state index contributed by atoms with van der Waals surface area (Å²) >= 11 is 0. The molecule has 1 fully saturated rings. The third-order valence-electron chi connectivity index (χ3n) is 4.52. The van der Waals surface area contributed by atoms with Crippen LogP contribution in [-0.4, -0.2) is 41.9 Å². The lowest BCUT2D eigenvalue weighted by Gasteiger charge is -2.19. The molecular weight excluding hydrogens is 358 g/mol. The summed E-state index contributed by atoms with van der Waals surface area (Å²) in [5, 5.41) is 2.71. The molecule has 7 heteroatoms. The first-order valence-corrected chi connectivity index (χ1v) is 9.15. The van der Waals surface area contributed by atoms with E-state index in [9.17, 15) is 14.4 Å². The fourth-order valence-corrected chi connectivity index (χ4v) is 3.10. The summed E-state index contributed by atoms with van der Waals surface area (Å²) in [6.07, 6.45) is 0. The number of imide groups is 1. The van der Waals surface area contributed by atoms with E-state index in [1.165, 1.54) is 4.90 Å². The molecule has 4 amide bonds. The Balaban J connectivity index is 1.73. The Bertz CT molecular complexity index is 895. The van der Waals surface area contributed by atoms with Gasteiger partial charge in [0.05, 0.1) is 12.3 Å². The van der Waals surface area contributed by atoms with Gasteiger partial charge in [-0.1, -0.05) is 29.8 Å². The number of rotatable bonds is 6. The summed E-state index contributed by atoms with van der Waals surface area (Å²) in [4.78, 5) is 40.2. The van der Waals surface area contributed by atoms with Gasteiger partial charge in [-0.15, -0.1) is 0 Å². The highest BCUT2D eigenvalue weighted by Crippen LogP contribution is 2.27. The first kappa shape index (κ1) is 19.4. The molecule has 2 aromatic carbocycles. The molecule has 146 valence electrons. The summed E-state index contributed by atoms with van der Waals surface area (Å²) in [5.74, 6) is -0.335. The standard InChI is InChI=1S/C21H23N3O4/c1-4-28-18-8-6-5-7-17(18)22-19(25)13-23-20(26)15(3)24(21(23)27)16-11-9-14(2)10-12-16/h5-12,15H,4,13H2,1-3H3,(H,22,25)/t15-/m0/s1. The zero-order valence-electron chi connectivity index (χ0n) is 16.1. The van der Waals surface area contributed by atoms with Crippen LogP contribution in [0, 0.1) is 6.92 Å². The Hall–Kier alpha value is -3.35. The fourth-order valence-electron chi connectivity index (χ4n) is 3.10. The summed E-state index contributed by atoms with van der Waals surface area (Å²) in [7, 11) is 0. The van der Waals surface area contributed by atoms with Crippen LogP contribution in [0.15, 0.2) is 48.5 Å². The van der Waals surface area contributed by atoms with Gasteiger partial charge in [-0.05, 0) is 45.0 Å². The van der Waals surface area contributed by atoms with E-state index in [0.29, 0.717) is 23.7 Å². The maximum absolute atomic E-state index is 12.8. The van der Waals surface area contributed by atoms with Crippen molar-refractivity contribution in [1.29, 1.82) is 0 Å². The number of aryl methyl sites for hydroxylation is 1. The molecule has 1 aliphatic rings. The van der Waals surface area contributed by atoms with Crippen LogP contribution in [0.1, 0.15) is 19.4 Å². The minimum atomic E-state index is -0.668. The van der Waals surface area contributed by atoms with Crippen LogP contribution < -0.4 is 15.0 Å². The van der Waals surface area contributed by atoms with Gasteiger partial charge in [0, 0.05) is 5.69 Å². The predicted octanol–water partition coefficient (Wildman–Crippen LogP) is 3.19. The van der Waals surface area contributed by atoms with E-state index in [2.05, 4.69) is 5.32 Å². The molecule has 1 aliphatic heterocycles. The monoisotopic (exact) mass is 381 g/mol. The minimum absolute atomic E-state index is 0.356. The van der Waals surface area contributed by atoms with Crippen LogP contribution in [0.5, 0.6) is 5.75 Å². The lowest BCUT2D eigenvalue weighted by molar-refractivity contribution is -0.130. The number of hydrogen-bond acceptors (Lipinski definition) is 4. The number of anilines is 2. The van der Waals surface area contributed by atoms with Crippen molar-refractivity contribution < 1.29 is 19.1 Å². The Morgan fingerprint density at radius 1 is 1.11 bits per heavy atom. The van der Waals surface area contributed by atoms with Crippen molar-refractivity contribution in [3.05, 3.63) is 54.1 Å². The molecular formula is C21H23N3O4. The molecule has 0 saturated carbocycles. The van der Waals surface area contributed by atoms with E-state index in [0.717, 1.165) is 10.5 Å². The Kier molecular flexibility index (Phi) is 5.63. The van der Waals surface area contributed by atoms with Crippen LogP contribution in [0.25, 0.3) is 0 Å². The quantitative estimate of drug-likeness (QED) is 0.780. The van der Waals surface area contributed by atoms with E-state index >= 15 is 0 Å². The van der Waals surface area contributed by atoms with Crippen molar-refractivity contribution in [3.63, 3.8) is 0 Å². The van der Waals surface area contributed by atoms with Crippen molar-refractivity contribution >= 4 is 29.2 Å². The van der Waals surface area contributed by atoms with Crippen LogP contribution in [0.3, 0.4) is 0 Å². The maximum atomic E-state index is 12.8. The first-order chi connectivity index (χ1) is 13.4. The number of carbonyl (C=O) groups is 3. The van der Waals surface area contributed by atoms with E-state index in [1.807, 2.05) is 26.0 Å². The number of amides is 4. The second kappa shape index (κ2) is 8.12. The van der Waals surface area contributed by atoms with E-state index in [1.54, 1.807) is 43.3 Å². The third kappa shape index (κ3) is 3.83. The summed E-state index contributed by atoms with van der Waals surface area (Å²) in [5.41, 5.74) is 2.18. The van der Waals surface area contributed by atoms with E-state index < -0.39 is 23.9 Å². The van der Waals surface area contributed by atoms with Crippen molar-refractivity contribution in [2.75, 3.05) is 23.4 Å². The highest BCUT2D eigenvalue weighted by atomic mass is 16.5. The molecule has 1 atom stereocenters. The van der Waals surface area contributed by atoms with Crippen LogP contribution >= 0.6 is 0 Å². The van der Waals surface area contributed by atoms with Gasteiger partial charge in [0.2, 0.25) is 5.91 Å². The molecule has 0 bridgehead atoms. The Morgan fingerprint density at radius 2 is 1.79 bits per heavy atom. The van der Waals surface area contributed by atoms with Gasteiger partial charge >= 0.3 is 6.03 Å². The molecule has 3 rings (SSSR count). The number of nitrogens with zero attached hydrogens (tertiary/aromatic N) is 2. The molecule has 1 heterocycles. The van der Waals surface area contributed by atoms with Crippen LogP contribution in [-0.2, 0) is 9.59 Å². The lowest BCUT2D eigenvalue weighted by atomic mass is 10.2. The Labute approximate surface area is 163 Å². The van der Waals surface area contributed by atoms with E-state index in [4.69, 9.17) is 4.74 Å². The van der Waals surface area contributed by atoms with Crippen molar-refractivity contribution in [2.45, 2.75) is 26.8 Å². The smallest absolute Gasteiger partial charge is 0.332 e. The topological polar surface area (TPSA) is 79.0 Å². The summed E-state index contributed by atoms with van der Waals surface area (Å²) < 4.78 is 5.48. The SMILES string of the molecule is CCOc1ccccc1NC(=O)CN1C(=O)[C@H](C)N(c2ccc(C)cc2)C1=O. The number of ether oxygens (including phenoxy) is 1. The minimum Gasteiger partial charge on any atom is -0.492 e. The normalized spacial score (nSPS) is 16.5. The average Bonchev–Trinajstić information content (AvgIpc) is 2.88. The molecule has 0 radical (unpaired) electrons. The first-order valence-electron chi connectivity index (χ1n) is 9.15. The van der Waals surface area contributed by atoms with Gasteiger partial charge in [-0.2, -0.15) is 0 Å². The molecule has 0 unspecified atom stereocenters. The number of nitrogens with one attached hydrogen (secondary N) is 1. The average molecular weight is 381 g/mol. The van der Waals surface area contributed by atoms with Gasteiger partial charge in [-0.25, -0.2) is 4.79 Å². The van der Waals surface area contributed by atoms with Gasteiger partial charge in [0.25, 0.3) is 5.91 Å². The van der Waals surface area contributed by atoms with Gasteiger partial charge < -0.3 is 10.1 Å². The molecule has 0 aliphatic carbocycles. The molecule has 1 saturated heterocycles. The predicted molar refractivity (Wildman–Crippen MR) is 106 cm³/mol. The maximum Gasteiger partial charge on any atom is 0.332 e.